The van der Waals surface area contributed by atoms with E-state index in [1.807, 2.05) is 6.92 Å². The summed E-state index contributed by atoms with van der Waals surface area (Å²) in [5, 5.41) is 11.6. The Hall–Kier alpha value is -1.49. The Morgan fingerprint density at radius 1 is 1.18 bits per heavy atom. The van der Waals surface area contributed by atoms with Gasteiger partial charge in [-0.3, -0.25) is 13.8 Å². The van der Waals surface area contributed by atoms with E-state index in [4.69, 9.17) is 23.0 Å². The van der Waals surface area contributed by atoms with Crippen LogP contribution in [0.15, 0.2) is 23.8 Å². The maximum absolute atomic E-state index is 17.5. The molecule has 0 spiro atoms. The van der Waals surface area contributed by atoms with Gasteiger partial charge in [-0.25, -0.2) is 18.1 Å². The molecule has 0 amide bonds. The Kier molecular flexibility index (Phi) is 7.54. The zero-order valence-corrected chi connectivity index (χ0v) is 24.5. The molecule has 12 heteroatoms. The molecular formula is C28H39F2O9P. The molecule has 1 aliphatic heterocycles. The molecular weight excluding hydrogens is 549 g/mol. The van der Waals surface area contributed by atoms with Crippen LogP contribution < -0.4 is 0 Å². The molecule has 10 atom stereocenters. The van der Waals surface area contributed by atoms with Crippen molar-refractivity contribution in [3.63, 3.8) is 0 Å². The van der Waals surface area contributed by atoms with Crippen LogP contribution in [0.4, 0.5) is 8.78 Å². The first kappa shape index (κ1) is 30.0. The molecule has 0 aromatic heterocycles. The second-order valence-corrected chi connectivity index (χ2v) is 13.5. The van der Waals surface area contributed by atoms with Crippen LogP contribution in [0.3, 0.4) is 0 Å². The normalized spacial score (nSPS) is 45.8. The van der Waals surface area contributed by atoms with Crippen molar-refractivity contribution >= 4 is 19.6 Å². The summed E-state index contributed by atoms with van der Waals surface area (Å²) >= 11 is 0. The standard InChI is InChI=1S/C28H39F2O9P/c1-6-9-23-37-22-14-17-18-13-20(29)19-12-16(31)10-11-25(19,4)27(18,30)21(32)15-26(17,5)28(22,38-23)24(33)39-40(34,35-7-2)36-8-3/h10-12,17-18,20-23,32H,6-9,13-15H2,1-5H3/t17?,18?,20-,21-,22+,23?,25-,26-,27-,28-/m0/s1. The van der Waals surface area contributed by atoms with Gasteiger partial charge in [0.05, 0.1) is 19.3 Å². The topological polar surface area (TPSA) is 118 Å². The highest BCUT2D eigenvalue weighted by atomic mass is 31.2. The number of carbonyl (C=O) groups is 2. The second kappa shape index (κ2) is 10.1. The highest BCUT2D eigenvalue weighted by Gasteiger charge is 2.81. The summed E-state index contributed by atoms with van der Waals surface area (Å²) in [4.78, 5) is 26.2. The summed E-state index contributed by atoms with van der Waals surface area (Å²) in [5.74, 6) is -3.19. The fourth-order valence-corrected chi connectivity index (χ4v) is 9.46. The van der Waals surface area contributed by atoms with E-state index in [1.165, 1.54) is 19.1 Å². The molecule has 4 fully saturated rings. The van der Waals surface area contributed by atoms with Gasteiger partial charge in [-0.15, -0.1) is 0 Å². The molecule has 5 aliphatic rings. The molecule has 0 aromatic rings. The van der Waals surface area contributed by atoms with Gasteiger partial charge in [-0.2, -0.15) is 0 Å². The van der Waals surface area contributed by atoms with Gasteiger partial charge < -0.3 is 19.1 Å². The zero-order valence-electron chi connectivity index (χ0n) is 23.6. The predicted octanol–water partition coefficient (Wildman–Crippen LogP) is 4.92. The number of ether oxygens (including phenoxy) is 2. The van der Waals surface area contributed by atoms with Gasteiger partial charge in [0, 0.05) is 16.7 Å². The van der Waals surface area contributed by atoms with Crippen LogP contribution in [-0.4, -0.2) is 66.0 Å². The second-order valence-electron chi connectivity index (χ2n) is 12.0. The summed E-state index contributed by atoms with van der Waals surface area (Å²) in [7, 11) is -4.33. The number of ketones is 1. The van der Waals surface area contributed by atoms with Crippen LogP contribution in [0.25, 0.3) is 0 Å². The van der Waals surface area contributed by atoms with Gasteiger partial charge in [0.1, 0.15) is 12.3 Å². The number of aliphatic hydroxyl groups excluding tert-OH is 1. The molecule has 0 aromatic carbocycles. The Morgan fingerprint density at radius 2 is 1.85 bits per heavy atom. The van der Waals surface area contributed by atoms with Crippen molar-refractivity contribution < 1.29 is 51.1 Å². The Balaban J connectivity index is 1.59. The van der Waals surface area contributed by atoms with Crippen molar-refractivity contribution in [2.45, 2.75) is 103 Å². The number of fused-ring (bicyclic) bond motifs is 7. The van der Waals surface area contributed by atoms with Crippen LogP contribution >= 0.6 is 7.82 Å². The molecule has 40 heavy (non-hydrogen) atoms. The minimum Gasteiger partial charge on any atom is -0.390 e. The Labute approximate surface area is 233 Å². The number of hydrogen-bond donors (Lipinski definition) is 1. The predicted molar refractivity (Wildman–Crippen MR) is 138 cm³/mol. The number of halogens is 2. The smallest absolute Gasteiger partial charge is 0.390 e. The third kappa shape index (κ3) is 3.91. The maximum atomic E-state index is 17.5. The van der Waals surface area contributed by atoms with E-state index >= 15 is 8.78 Å². The highest BCUT2D eigenvalue weighted by Crippen LogP contribution is 2.72. The molecule has 1 saturated heterocycles. The van der Waals surface area contributed by atoms with E-state index in [9.17, 15) is 19.3 Å². The van der Waals surface area contributed by atoms with Gasteiger partial charge in [-0.1, -0.05) is 26.3 Å². The van der Waals surface area contributed by atoms with Crippen molar-refractivity contribution in [1.82, 2.24) is 0 Å². The number of alkyl halides is 2. The number of carbonyl (C=O) groups excluding carboxylic acids is 2. The molecule has 5 rings (SSSR count). The Morgan fingerprint density at radius 3 is 2.48 bits per heavy atom. The van der Waals surface area contributed by atoms with E-state index in [-0.39, 0.29) is 38.0 Å². The molecule has 1 heterocycles. The third-order valence-corrected chi connectivity index (χ3v) is 11.6. The van der Waals surface area contributed by atoms with E-state index in [0.29, 0.717) is 12.8 Å². The van der Waals surface area contributed by atoms with Gasteiger partial charge in [0.2, 0.25) is 0 Å². The number of phosphoric acid groups is 1. The molecule has 0 bridgehead atoms. The number of phosphoric ester groups is 1. The van der Waals surface area contributed by atoms with Crippen molar-refractivity contribution in [2.24, 2.45) is 22.7 Å². The van der Waals surface area contributed by atoms with Gasteiger partial charge >= 0.3 is 13.8 Å². The first-order valence-corrected chi connectivity index (χ1v) is 15.6. The summed E-state index contributed by atoms with van der Waals surface area (Å²) in [6, 6.07) is 0. The van der Waals surface area contributed by atoms with Crippen LogP contribution in [0, 0.1) is 22.7 Å². The monoisotopic (exact) mass is 588 g/mol. The van der Waals surface area contributed by atoms with Crippen LogP contribution in [-0.2, 0) is 37.2 Å². The minimum atomic E-state index is -4.33. The summed E-state index contributed by atoms with van der Waals surface area (Å²) in [5.41, 5.74) is -7.04. The van der Waals surface area contributed by atoms with Crippen molar-refractivity contribution in [3.05, 3.63) is 23.8 Å². The highest BCUT2D eigenvalue weighted by molar-refractivity contribution is 7.49. The number of aliphatic hydroxyl groups is 1. The van der Waals surface area contributed by atoms with E-state index < -0.39 is 78.2 Å². The zero-order chi connectivity index (χ0) is 29.3. The lowest BCUT2D eigenvalue weighted by Gasteiger charge is -2.62. The molecule has 9 nitrogen and oxygen atoms in total. The molecule has 1 N–H and O–H groups in total. The van der Waals surface area contributed by atoms with Gasteiger partial charge in [0.25, 0.3) is 0 Å². The number of allylic oxidation sites excluding steroid dienone is 4. The first-order valence-electron chi connectivity index (χ1n) is 14.2. The van der Waals surface area contributed by atoms with E-state index in [2.05, 4.69) is 0 Å². The van der Waals surface area contributed by atoms with Crippen LogP contribution in [0.1, 0.15) is 66.7 Å². The third-order valence-electron chi connectivity index (χ3n) is 10.0. The van der Waals surface area contributed by atoms with Crippen LogP contribution in [0.5, 0.6) is 0 Å². The lowest BCUT2D eigenvalue weighted by atomic mass is 9.44. The Bertz CT molecular complexity index is 1170. The average Bonchev–Trinajstić information content (AvgIpc) is 3.35. The SMILES string of the molecule is CCCC1O[C@@H]2CC3C4C[C@H](F)C5=CC(=O)C=C[C@]5(C)[C@@]4(F)[C@@H](O)C[C@]3(C)[C@]2(C(=O)OP(=O)(OCC)OCC)O1. The quantitative estimate of drug-likeness (QED) is 0.394. The summed E-state index contributed by atoms with van der Waals surface area (Å²) in [6.45, 7) is 8.18. The lowest BCUT2D eigenvalue weighted by Crippen LogP contribution is -2.70. The molecule has 3 unspecified atom stereocenters. The molecule has 3 saturated carbocycles. The fraction of sp³-hybridized carbons (Fsp3) is 0.786. The molecule has 224 valence electrons. The molecule has 4 aliphatic carbocycles. The van der Waals surface area contributed by atoms with Gasteiger partial charge in [-0.05, 0) is 70.1 Å². The van der Waals surface area contributed by atoms with Crippen molar-refractivity contribution in [1.29, 1.82) is 0 Å². The van der Waals surface area contributed by atoms with Crippen LogP contribution in [0.2, 0.25) is 0 Å². The van der Waals surface area contributed by atoms with Crippen molar-refractivity contribution in [2.75, 3.05) is 13.2 Å². The van der Waals surface area contributed by atoms with E-state index in [0.717, 1.165) is 6.08 Å². The maximum Gasteiger partial charge on any atom is 0.532 e. The number of rotatable bonds is 8. The van der Waals surface area contributed by atoms with E-state index in [1.54, 1.807) is 20.8 Å². The fourth-order valence-electron chi connectivity index (χ4n) is 8.31. The number of hydrogen-bond acceptors (Lipinski definition) is 9. The van der Waals surface area contributed by atoms with Crippen molar-refractivity contribution in [3.8, 4) is 0 Å². The largest absolute Gasteiger partial charge is 0.532 e. The van der Waals surface area contributed by atoms with Gasteiger partial charge in [0.15, 0.2) is 23.3 Å². The summed E-state index contributed by atoms with van der Waals surface area (Å²) in [6.07, 6.45) is -0.552. The minimum absolute atomic E-state index is 0.0126. The first-order chi connectivity index (χ1) is 18.8. The average molecular weight is 589 g/mol. The lowest BCUT2D eigenvalue weighted by molar-refractivity contribution is -0.239. The summed E-state index contributed by atoms with van der Waals surface area (Å²) < 4.78 is 74.9. The molecule has 0 radical (unpaired) electrons.